The molecular formula is C17H22Cl2N4O2S2. The number of nitrogens with zero attached hydrogens (tertiary/aromatic N) is 4. The fourth-order valence-corrected chi connectivity index (χ4v) is 5.78. The number of rotatable bonds is 6. The van der Waals surface area contributed by atoms with Crippen LogP contribution in [0.15, 0.2) is 18.2 Å². The van der Waals surface area contributed by atoms with Crippen LogP contribution in [0.3, 0.4) is 0 Å². The van der Waals surface area contributed by atoms with Crippen molar-refractivity contribution in [3.05, 3.63) is 44.4 Å². The molecule has 3 rings (SSSR count). The second kappa shape index (κ2) is 8.21. The summed E-state index contributed by atoms with van der Waals surface area (Å²) in [6, 6.07) is 5.57. The van der Waals surface area contributed by atoms with Gasteiger partial charge in [-0.2, -0.15) is 5.10 Å². The van der Waals surface area contributed by atoms with Crippen LogP contribution >= 0.6 is 35.4 Å². The molecular weight excluding hydrogens is 427 g/mol. The Bertz CT molecular complexity index is 1000. The molecule has 148 valence electrons. The van der Waals surface area contributed by atoms with Crippen molar-refractivity contribution in [1.82, 2.24) is 19.2 Å². The molecule has 6 nitrogen and oxygen atoms in total. The molecule has 1 fully saturated rings. The highest BCUT2D eigenvalue weighted by Gasteiger charge is 2.29. The van der Waals surface area contributed by atoms with Gasteiger partial charge in [-0.15, -0.1) is 0 Å². The van der Waals surface area contributed by atoms with E-state index in [0.717, 1.165) is 11.4 Å². The van der Waals surface area contributed by atoms with Gasteiger partial charge < -0.3 is 4.57 Å². The normalized spacial score (nSPS) is 19.1. The Balaban J connectivity index is 1.70. The molecule has 0 amide bonds. The summed E-state index contributed by atoms with van der Waals surface area (Å²) in [4.78, 5) is 2.05. The van der Waals surface area contributed by atoms with Gasteiger partial charge in [-0.1, -0.05) is 35.3 Å². The lowest BCUT2D eigenvalue weighted by molar-refractivity contribution is 0.243. The lowest BCUT2D eigenvalue weighted by Crippen LogP contribution is -2.23. The molecule has 0 N–H and O–H groups in total. The predicted octanol–water partition coefficient (Wildman–Crippen LogP) is 3.32. The van der Waals surface area contributed by atoms with E-state index in [0.29, 0.717) is 40.9 Å². The van der Waals surface area contributed by atoms with Crippen LogP contribution in [-0.4, -0.2) is 46.2 Å². The van der Waals surface area contributed by atoms with Crippen molar-refractivity contribution in [2.24, 2.45) is 13.0 Å². The van der Waals surface area contributed by atoms with E-state index in [2.05, 4.69) is 5.10 Å². The summed E-state index contributed by atoms with van der Waals surface area (Å²) in [5.74, 6) is 1.43. The summed E-state index contributed by atoms with van der Waals surface area (Å²) in [5, 5.41) is 5.71. The van der Waals surface area contributed by atoms with E-state index in [1.165, 1.54) is 0 Å². The highest BCUT2D eigenvalue weighted by Crippen LogP contribution is 2.26. The summed E-state index contributed by atoms with van der Waals surface area (Å²) in [5.41, 5.74) is 0.936. The van der Waals surface area contributed by atoms with E-state index >= 15 is 0 Å². The van der Waals surface area contributed by atoms with Gasteiger partial charge in [-0.3, -0.25) is 4.90 Å². The molecule has 1 aliphatic rings. The fraction of sp³-hybridized carbons (Fsp3) is 0.529. The van der Waals surface area contributed by atoms with Gasteiger partial charge in [-0.05, 0) is 43.2 Å². The molecule has 1 aromatic carbocycles. The molecule has 1 unspecified atom stereocenters. The number of hydrogen-bond acceptors (Lipinski definition) is 5. The first-order valence-electron chi connectivity index (χ1n) is 8.61. The van der Waals surface area contributed by atoms with E-state index in [1.54, 1.807) is 10.7 Å². The molecule has 0 aliphatic carbocycles. The van der Waals surface area contributed by atoms with Crippen molar-refractivity contribution in [1.29, 1.82) is 0 Å². The third-order valence-corrected chi connectivity index (χ3v) is 7.96. The van der Waals surface area contributed by atoms with Crippen LogP contribution in [0.25, 0.3) is 0 Å². The number of hydrogen-bond donors (Lipinski definition) is 0. The summed E-state index contributed by atoms with van der Waals surface area (Å²) in [7, 11) is 0.934. The third-order valence-electron chi connectivity index (χ3n) is 4.78. The topological polar surface area (TPSA) is 60.1 Å². The fourth-order valence-electron chi connectivity index (χ4n) is 3.33. The van der Waals surface area contributed by atoms with Gasteiger partial charge in [0.15, 0.2) is 14.6 Å². The first-order valence-corrected chi connectivity index (χ1v) is 11.6. The maximum Gasteiger partial charge on any atom is 0.198 e. The Kier molecular flexibility index (Phi) is 6.32. The Morgan fingerprint density at radius 3 is 2.78 bits per heavy atom. The summed E-state index contributed by atoms with van der Waals surface area (Å²) in [6.07, 6.45) is 1.31. The zero-order chi connectivity index (χ0) is 19.8. The lowest BCUT2D eigenvalue weighted by Gasteiger charge is -2.17. The van der Waals surface area contributed by atoms with E-state index in [9.17, 15) is 8.42 Å². The average molecular weight is 449 g/mol. The largest absolute Gasteiger partial charge is 0.307 e. The Morgan fingerprint density at radius 2 is 2.11 bits per heavy atom. The Labute approximate surface area is 174 Å². The molecule has 0 radical (unpaired) electrons. The number of aromatic nitrogens is 3. The van der Waals surface area contributed by atoms with Crippen LogP contribution in [0.2, 0.25) is 10.0 Å². The van der Waals surface area contributed by atoms with Crippen molar-refractivity contribution >= 4 is 45.3 Å². The van der Waals surface area contributed by atoms with Crippen LogP contribution in [0, 0.1) is 10.7 Å². The van der Waals surface area contributed by atoms with Gasteiger partial charge in [0.25, 0.3) is 0 Å². The molecule has 10 heteroatoms. The van der Waals surface area contributed by atoms with Gasteiger partial charge in [0.05, 0.1) is 28.2 Å². The molecule has 0 bridgehead atoms. The van der Waals surface area contributed by atoms with Gasteiger partial charge in [0, 0.05) is 20.0 Å². The molecule has 1 aliphatic heterocycles. The number of halogens is 2. The SMILES string of the molecule is CN(Cc1cccc(Cl)c1Cl)Cn1nc(CC2CCS(=O)(=O)C2)n(C)c1=S. The maximum atomic E-state index is 11.7. The van der Waals surface area contributed by atoms with Crippen molar-refractivity contribution in [3.63, 3.8) is 0 Å². The van der Waals surface area contributed by atoms with Crippen molar-refractivity contribution in [2.75, 3.05) is 18.6 Å². The first kappa shape index (κ1) is 20.8. The van der Waals surface area contributed by atoms with Crippen LogP contribution in [0.4, 0.5) is 0 Å². The van der Waals surface area contributed by atoms with Gasteiger partial charge in [0.2, 0.25) is 0 Å². The maximum absolute atomic E-state index is 11.7. The molecule has 0 spiro atoms. The second-order valence-corrected chi connectivity index (χ2v) is 10.5. The van der Waals surface area contributed by atoms with E-state index in [-0.39, 0.29) is 17.4 Å². The van der Waals surface area contributed by atoms with Crippen LogP contribution < -0.4 is 0 Å². The van der Waals surface area contributed by atoms with Crippen molar-refractivity contribution in [3.8, 4) is 0 Å². The zero-order valence-electron chi connectivity index (χ0n) is 15.2. The molecule has 1 saturated heterocycles. The summed E-state index contributed by atoms with van der Waals surface area (Å²) < 4.78 is 27.6. The van der Waals surface area contributed by atoms with Crippen LogP contribution in [0.5, 0.6) is 0 Å². The lowest BCUT2D eigenvalue weighted by atomic mass is 10.1. The highest BCUT2D eigenvalue weighted by atomic mass is 35.5. The minimum atomic E-state index is -2.89. The van der Waals surface area contributed by atoms with E-state index in [4.69, 9.17) is 35.4 Å². The standard InChI is InChI=1S/C17H22Cl2N4O2S2/c1-21(9-13-4-3-5-14(18)16(13)19)11-23-17(26)22(2)15(20-23)8-12-6-7-27(24,25)10-12/h3-5,12H,6-11H2,1-2H3. The summed E-state index contributed by atoms with van der Waals surface area (Å²) >= 11 is 17.8. The highest BCUT2D eigenvalue weighted by molar-refractivity contribution is 7.91. The molecule has 1 atom stereocenters. The second-order valence-electron chi connectivity index (χ2n) is 7.10. The monoisotopic (exact) mass is 448 g/mol. The molecule has 1 aromatic heterocycles. The van der Waals surface area contributed by atoms with Gasteiger partial charge in [0.1, 0.15) is 5.82 Å². The van der Waals surface area contributed by atoms with Crippen LogP contribution in [-0.2, 0) is 36.5 Å². The third kappa shape index (κ3) is 4.92. The smallest absolute Gasteiger partial charge is 0.198 e. The Morgan fingerprint density at radius 1 is 1.37 bits per heavy atom. The number of sulfone groups is 1. The van der Waals surface area contributed by atoms with Crippen molar-refractivity contribution in [2.45, 2.75) is 26.1 Å². The van der Waals surface area contributed by atoms with E-state index < -0.39 is 9.84 Å². The average Bonchev–Trinajstić information content (AvgIpc) is 3.06. The molecule has 0 saturated carbocycles. The molecule has 27 heavy (non-hydrogen) atoms. The minimum absolute atomic E-state index is 0.113. The predicted molar refractivity (Wildman–Crippen MR) is 110 cm³/mol. The van der Waals surface area contributed by atoms with E-state index in [1.807, 2.05) is 35.7 Å². The first-order chi connectivity index (χ1) is 12.7. The van der Waals surface area contributed by atoms with Crippen molar-refractivity contribution < 1.29 is 8.42 Å². The zero-order valence-corrected chi connectivity index (χ0v) is 18.4. The van der Waals surface area contributed by atoms with Gasteiger partial charge in [-0.25, -0.2) is 13.1 Å². The van der Waals surface area contributed by atoms with Crippen LogP contribution in [0.1, 0.15) is 17.8 Å². The quantitative estimate of drug-likeness (QED) is 0.634. The molecule has 2 heterocycles. The Hall–Kier alpha value is -0.930. The number of benzene rings is 1. The summed E-state index contributed by atoms with van der Waals surface area (Å²) in [6.45, 7) is 1.10. The molecule has 2 aromatic rings. The van der Waals surface area contributed by atoms with Gasteiger partial charge >= 0.3 is 0 Å². The minimum Gasteiger partial charge on any atom is -0.307 e.